The lowest BCUT2D eigenvalue weighted by Gasteiger charge is -2.31. The topological polar surface area (TPSA) is 53.9 Å². The number of nitrogens with one attached hydrogen (secondary N) is 1. The second-order valence-electron chi connectivity index (χ2n) is 9.61. The van der Waals surface area contributed by atoms with Crippen molar-refractivity contribution in [1.29, 1.82) is 0 Å². The number of hydrogen-bond acceptors (Lipinski definition) is 5. The molecular formula is C36H45F2N3O2. The van der Waals surface area contributed by atoms with Crippen molar-refractivity contribution in [3.05, 3.63) is 125 Å². The Morgan fingerprint density at radius 2 is 1.88 bits per heavy atom. The summed E-state index contributed by atoms with van der Waals surface area (Å²) in [6, 6.07) is 5.75. The Hall–Kier alpha value is -4.26. The lowest BCUT2D eigenvalue weighted by Crippen LogP contribution is -2.31. The Kier molecular flexibility index (Phi) is 14.3. The largest absolute Gasteiger partial charge is 0.466 e. The van der Waals surface area contributed by atoms with Crippen molar-refractivity contribution in [3.8, 4) is 0 Å². The van der Waals surface area contributed by atoms with E-state index in [1.54, 1.807) is 38.2 Å². The third-order valence-electron chi connectivity index (χ3n) is 6.74. The van der Waals surface area contributed by atoms with Crippen molar-refractivity contribution in [2.24, 2.45) is 4.99 Å². The summed E-state index contributed by atoms with van der Waals surface area (Å²) in [6.45, 7) is 16.8. The summed E-state index contributed by atoms with van der Waals surface area (Å²) in [5.74, 6) is -0.677. The first kappa shape index (κ1) is 34.9. The van der Waals surface area contributed by atoms with Crippen LogP contribution in [0, 0.1) is 0 Å². The fraction of sp³-hybridized carbons (Fsp3) is 0.333. The number of rotatable bonds is 14. The van der Waals surface area contributed by atoms with Gasteiger partial charge in [0.2, 0.25) is 5.90 Å². The molecule has 1 aromatic rings. The number of ether oxygens (including phenoxy) is 1. The maximum atomic E-state index is 15.8. The smallest absolute Gasteiger partial charge is 0.213 e. The van der Waals surface area contributed by atoms with Gasteiger partial charge in [-0.15, -0.1) is 0 Å². The van der Waals surface area contributed by atoms with Crippen LogP contribution in [0.3, 0.4) is 0 Å². The number of carbonyl (C=O) groups excluding carboxylic acids is 1. The molecule has 0 fully saturated rings. The molecule has 2 rings (SSSR count). The van der Waals surface area contributed by atoms with Gasteiger partial charge < -0.3 is 15.0 Å². The summed E-state index contributed by atoms with van der Waals surface area (Å²) in [5, 5.41) is 3.51. The minimum atomic E-state index is -2.03. The number of halogens is 2. The van der Waals surface area contributed by atoms with Gasteiger partial charge in [-0.1, -0.05) is 63.8 Å². The third kappa shape index (κ3) is 8.87. The van der Waals surface area contributed by atoms with E-state index < -0.39 is 18.1 Å². The monoisotopic (exact) mass is 589 g/mol. The Labute approximate surface area is 256 Å². The maximum Gasteiger partial charge on any atom is 0.213 e. The van der Waals surface area contributed by atoms with Gasteiger partial charge in [0.05, 0.1) is 17.1 Å². The molecule has 5 nitrogen and oxygen atoms in total. The molecule has 1 aliphatic carbocycles. The molecule has 1 N–H and O–H groups in total. The summed E-state index contributed by atoms with van der Waals surface area (Å²) in [4.78, 5) is 18.3. The van der Waals surface area contributed by atoms with Crippen LogP contribution in [0.2, 0.25) is 0 Å². The van der Waals surface area contributed by atoms with E-state index in [-0.39, 0.29) is 17.3 Å². The van der Waals surface area contributed by atoms with E-state index in [1.807, 2.05) is 82.1 Å². The van der Waals surface area contributed by atoms with Crippen LogP contribution in [-0.4, -0.2) is 28.9 Å². The lowest BCUT2D eigenvalue weighted by atomic mass is 9.97. The molecule has 0 spiro atoms. The molecule has 2 atom stereocenters. The summed E-state index contributed by atoms with van der Waals surface area (Å²) in [6.07, 6.45) is 15.7. The number of nitrogens with zero attached hydrogens (tertiary/aromatic N) is 2. The van der Waals surface area contributed by atoms with E-state index in [1.165, 1.54) is 12.3 Å². The zero-order valence-corrected chi connectivity index (χ0v) is 26.5. The number of carbonyl (C=O) groups is 1. The van der Waals surface area contributed by atoms with Crippen LogP contribution in [0.4, 0.5) is 14.5 Å². The van der Waals surface area contributed by atoms with Gasteiger partial charge in [-0.05, 0) is 76.5 Å². The molecule has 0 radical (unpaired) electrons. The second-order valence-corrected chi connectivity index (χ2v) is 9.61. The minimum absolute atomic E-state index is 0.111. The predicted octanol–water partition coefficient (Wildman–Crippen LogP) is 9.83. The van der Waals surface area contributed by atoms with Crippen molar-refractivity contribution in [1.82, 2.24) is 4.90 Å². The number of aliphatic imine (C=N–C) groups is 1. The van der Waals surface area contributed by atoms with Gasteiger partial charge in [-0.25, -0.2) is 13.8 Å². The van der Waals surface area contributed by atoms with Gasteiger partial charge in [-0.2, -0.15) is 0 Å². The Bertz CT molecular complexity index is 1390. The number of aryl methyl sites for hydroxylation is 1. The van der Waals surface area contributed by atoms with Gasteiger partial charge in [0.25, 0.3) is 0 Å². The molecule has 7 heteroatoms. The molecule has 0 amide bonds. The van der Waals surface area contributed by atoms with E-state index in [2.05, 4.69) is 16.9 Å². The average molecular weight is 590 g/mol. The Morgan fingerprint density at radius 1 is 1.14 bits per heavy atom. The van der Waals surface area contributed by atoms with E-state index in [0.29, 0.717) is 12.1 Å². The van der Waals surface area contributed by atoms with Crippen LogP contribution in [-0.2, 0) is 11.2 Å². The van der Waals surface area contributed by atoms with Gasteiger partial charge in [0, 0.05) is 35.6 Å². The van der Waals surface area contributed by atoms with Crippen molar-refractivity contribution < 1.29 is 18.3 Å². The fourth-order valence-corrected chi connectivity index (χ4v) is 4.75. The molecule has 0 heterocycles. The summed E-state index contributed by atoms with van der Waals surface area (Å²) in [5.41, 5.74) is 4.65. The van der Waals surface area contributed by atoms with E-state index in [4.69, 9.17) is 4.74 Å². The van der Waals surface area contributed by atoms with Crippen molar-refractivity contribution in [3.63, 3.8) is 0 Å². The summed E-state index contributed by atoms with van der Waals surface area (Å²) < 4.78 is 36.9. The van der Waals surface area contributed by atoms with Gasteiger partial charge in [0.15, 0.2) is 18.1 Å². The maximum absolute atomic E-state index is 15.8. The van der Waals surface area contributed by atoms with Gasteiger partial charge in [-0.3, -0.25) is 4.79 Å². The SMILES string of the molecule is C=CN=C(/C=C\C)OC1C=CC(/C(=C/C)N(/C=C\C)C(=C/C)/C(=C/CC)Nc2ccc(C(=O)CC)c(CC)c2)=C(F)C1F. The zero-order valence-electron chi connectivity index (χ0n) is 26.5. The highest BCUT2D eigenvalue weighted by atomic mass is 19.2. The molecule has 230 valence electrons. The van der Waals surface area contributed by atoms with E-state index in [0.717, 1.165) is 41.1 Å². The first-order valence-corrected chi connectivity index (χ1v) is 14.8. The summed E-state index contributed by atoms with van der Waals surface area (Å²) >= 11 is 0. The molecule has 0 aliphatic heterocycles. The zero-order chi connectivity index (χ0) is 31.9. The molecule has 2 unspecified atom stereocenters. The molecule has 0 saturated carbocycles. The molecule has 0 saturated heterocycles. The number of Topliss-reactive ketones (excluding diaryl/α,β-unsaturated/α-hetero) is 1. The highest BCUT2D eigenvalue weighted by molar-refractivity contribution is 5.97. The van der Waals surface area contributed by atoms with Crippen LogP contribution in [0.5, 0.6) is 0 Å². The predicted molar refractivity (Wildman–Crippen MR) is 176 cm³/mol. The molecule has 1 aromatic carbocycles. The number of hydrogen-bond donors (Lipinski definition) is 1. The van der Waals surface area contributed by atoms with Gasteiger partial charge in [0.1, 0.15) is 5.83 Å². The number of allylic oxidation sites excluding steroid dienone is 6. The number of anilines is 1. The van der Waals surface area contributed by atoms with Crippen LogP contribution < -0.4 is 5.32 Å². The molecule has 43 heavy (non-hydrogen) atoms. The van der Waals surface area contributed by atoms with Crippen LogP contribution in [0.15, 0.2) is 119 Å². The van der Waals surface area contributed by atoms with Gasteiger partial charge >= 0.3 is 0 Å². The minimum Gasteiger partial charge on any atom is -0.466 e. The van der Waals surface area contributed by atoms with Crippen molar-refractivity contribution in [2.75, 3.05) is 5.32 Å². The molecule has 0 aromatic heterocycles. The first-order chi connectivity index (χ1) is 20.7. The van der Waals surface area contributed by atoms with Crippen LogP contribution in [0.25, 0.3) is 0 Å². The van der Waals surface area contributed by atoms with Crippen LogP contribution >= 0.6 is 0 Å². The quantitative estimate of drug-likeness (QED) is 0.102. The number of alkyl halides is 1. The van der Waals surface area contributed by atoms with Crippen molar-refractivity contribution >= 4 is 17.4 Å². The fourth-order valence-electron chi connectivity index (χ4n) is 4.75. The average Bonchev–Trinajstić information content (AvgIpc) is 3.01. The normalized spacial score (nSPS) is 18.5. The highest BCUT2D eigenvalue weighted by Crippen LogP contribution is 2.35. The van der Waals surface area contributed by atoms with Crippen molar-refractivity contribution in [2.45, 2.75) is 80.0 Å². The number of ketones is 1. The first-order valence-electron chi connectivity index (χ1n) is 14.8. The van der Waals surface area contributed by atoms with E-state index in [9.17, 15) is 4.79 Å². The van der Waals surface area contributed by atoms with Crippen LogP contribution in [0.1, 0.15) is 77.2 Å². The summed E-state index contributed by atoms with van der Waals surface area (Å²) in [7, 11) is 0. The van der Waals surface area contributed by atoms with E-state index >= 15 is 8.78 Å². The third-order valence-corrected chi connectivity index (χ3v) is 6.74. The lowest BCUT2D eigenvalue weighted by molar-refractivity contribution is 0.0987. The molecule has 0 bridgehead atoms. The highest BCUT2D eigenvalue weighted by Gasteiger charge is 2.33. The Balaban J connectivity index is 2.51. The number of benzene rings is 1. The molecule has 1 aliphatic rings. The second kappa shape index (κ2) is 17.6. The Morgan fingerprint density at radius 3 is 2.44 bits per heavy atom. The standard InChI is InChI=1S/C36H45F2N3O2/c1-9-17-29(40-26-19-20-27(32(42)15-7)25(12-4)24-26)31(14-6)41(23-11-3)30(13-5)28-21-22-33(36(38)35(28)37)43-34(18-10-2)39-16-8/h10-11,13-14,16-24,33,36,40H,8-9,12,15H2,1-7H3/b18-10-,23-11-,29-17-,30-13-,31-14+,39-34?. The molecular weight excluding hydrogens is 544 g/mol.